The first-order chi connectivity index (χ1) is 13.3. The Morgan fingerprint density at radius 3 is 2.52 bits per heavy atom. The summed E-state index contributed by atoms with van der Waals surface area (Å²) in [5.74, 6) is 0.906. The summed E-state index contributed by atoms with van der Waals surface area (Å²) < 4.78 is 2.22. The standard InChI is InChI=1S/C22H15ClN4/c23-17-5-3-4-15(12-17)14-27-21-7-2-1-6-19(21)26-22(27)16-8-9-18-20(13-16)25-11-10-24-18/h1-13H,14H2. The zero-order valence-electron chi connectivity index (χ0n) is 14.4. The summed E-state index contributed by atoms with van der Waals surface area (Å²) in [6, 6.07) is 22.2. The molecule has 0 atom stereocenters. The number of nitrogens with zero attached hydrogens (tertiary/aromatic N) is 4. The van der Waals surface area contributed by atoms with Gasteiger partial charge in [-0.05, 0) is 48.0 Å². The Morgan fingerprint density at radius 1 is 0.778 bits per heavy atom. The van der Waals surface area contributed by atoms with Gasteiger partial charge in [-0.3, -0.25) is 9.97 Å². The molecule has 27 heavy (non-hydrogen) atoms. The van der Waals surface area contributed by atoms with Gasteiger partial charge in [0.05, 0.1) is 22.1 Å². The van der Waals surface area contributed by atoms with Gasteiger partial charge in [0.25, 0.3) is 0 Å². The first-order valence-corrected chi connectivity index (χ1v) is 9.06. The molecule has 2 heterocycles. The summed E-state index contributed by atoms with van der Waals surface area (Å²) in [5.41, 5.74) is 5.93. The predicted molar refractivity (Wildman–Crippen MR) is 109 cm³/mol. The van der Waals surface area contributed by atoms with E-state index in [1.54, 1.807) is 12.4 Å². The van der Waals surface area contributed by atoms with Crippen LogP contribution in [0.5, 0.6) is 0 Å². The third kappa shape index (κ3) is 2.94. The van der Waals surface area contributed by atoms with E-state index in [1.165, 1.54) is 0 Å². The molecule has 0 fully saturated rings. The second kappa shape index (κ2) is 6.49. The molecule has 5 rings (SSSR count). The van der Waals surface area contributed by atoms with E-state index in [0.717, 1.165) is 44.0 Å². The molecule has 0 radical (unpaired) electrons. The molecule has 0 aliphatic heterocycles. The Balaban J connectivity index is 1.71. The van der Waals surface area contributed by atoms with Crippen LogP contribution in [0.1, 0.15) is 5.56 Å². The van der Waals surface area contributed by atoms with Crippen LogP contribution in [0.25, 0.3) is 33.5 Å². The fraction of sp³-hybridized carbons (Fsp3) is 0.0455. The maximum absolute atomic E-state index is 6.19. The van der Waals surface area contributed by atoms with Crippen LogP contribution in [-0.2, 0) is 6.54 Å². The van der Waals surface area contributed by atoms with Gasteiger partial charge in [-0.2, -0.15) is 0 Å². The summed E-state index contributed by atoms with van der Waals surface area (Å²) in [6.45, 7) is 0.689. The van der Waals surface area contributed by atoms with Gasteiger partial charge in [0.2, 0.25) is 0 Å². The molecule has 0 amide bonds. The molecule has 0 saturated carbocycles. The second-order valence-corrected chi connectivity index (χ2v) is 6.84. The predicted octanol–water partition coefficient (Wildman–Crippen LogP) is 5.35. The molecule has 0 saturated heterocycles. The van der Waals surface area contributed by atoms with E-state index in [2.05, 4.69) is 26.7 Å². The smallest absolute Gasteiger partial charge is 0.141 e. The zero-order chi connectivity index (χ0) is 18.2. The van der Waals surface area contributed by atoms with Crippen molar-refractivity contribution in [1.82, 2.24) is 19.5 Å². The number of aromatic nitrogens is 4. The third-order valence-corrected chi connectivity index (χ3v) is 4.85. The van der Waals surface area contributed by atoms with Crippen LogP contribution >= 0.6 is 11.6 Å². The molecule has 0 aliphatic rings. The molecular formula is C22H15ClN4. The molecule has 0 unspecified atom stereocenters. The van der Waals surface area contributed by atoms with E-state index in [1.807, 2.05) is 54.6 Å². The Bertz CT molecular complexity index is 1280. The summed E-state index contributed by atoms with van der Waals surface area (Å²) >= 11 is 6.19. The van der Waals surface area contributed by atoms with Gasteiger partial charge >= 0.3 is 0 Å². The number of fused-ring (bicyclic) bond motifs is 2. The zero-order valence-corrected chi connectivity index (χ0v) is 15.1. The Kier molecular flexibility index (Phi) is 3.84. The highest BCUT2D eigenvalue weighted by atomic mass is 35.5. The van der Waals surface area contributed by atoms with Crippen LogP contribution < -0.4 is 0 Å². The number of hydrogen-bond acceptors (Lipinski definition) is 3. The Morgan fingerprint density at radius 2 is 1.63 bits per heavy atom. The molecule has 0 N–H and O–H groups in total. The summed E-state index contributed by atoms with van der Waals surface area (Å²) in [7, 11) is 0. The highest BCUT2D eigenvalue weighted by molar-refractivity contribution is 6.30. The van der Waals surface area contributed by atoms with E-state index in [9.17, 15) is 0 Å². The minimum atomic E-state index is 0.689. The molecule has 0 spiro atoms. The number of hydrogen-bond donors (Lipinski definition) is 0. The van der Waals surface area contributed by atoms with E-state index < -0.39 is 0 Å². The van der Waals surface area contributed by atoms with Crippen molar-refractivity contribution in [3.8, 4) is 11.4 Å². The average molecular weight is 371 g/mol. The lowest BCUT2D eigenvalue weighted by Crippen LogP contribution is -2.02. The van der Waals surface area contributed by atoms with Crippen molar-refractivity contribution < 1.29 is 0 Å². The van der Waals surface area contributed by atoms with Crippen LogP contribution in [0.15, 0.2) is 79.1 Å². The lowest BCUT2D eigenvalue weighted by Gasteiger charge is -2.10. The van der Waals surface area contributed by atoms with Crippen LogP contribution in [0.3, 0.4) is 0 Å². The fourth-order valence-corrected chi connectivity index (χ4v) is 3.59. The molecule has 130 valence electrons. The van der Waals surface area contributed by atoms with Crippen molar-refractivity contribution in [3.05, 3.63) is 89.7 Å². The summed E-state index contributed by atoms with van der Waals surface area (Å²) in [5, 5.41) is 0.736. The number of para-hydroxylation sites is 2. The Hall–Kier alpha value is -3.24. The third-order valence-electron chi connectivity index (χ3n) is 4.61. The molecule has 5 heteroatoms. The molecule has 5 aromatic rings. The van der Waals surface area contributed by atoms with Crippen molar-refractivity contribution in [1.29, 1.82) is 0 Å². The highest BCUT2D eigenvalue weighted by Crippen LogP contribution is 2.28. The lowest BCUT2D eigenvalue weighted by atomic mass is 10.1. The van der Waals surface area contributed by atoms with Crippen LogP contribution in [0.2, 0.25) is 5.02 Å². The first kappa shape index (κ1) is 16.0. The van der Waals surface area contributed by atoms with Gasteiger partial charge in [0, 0.05) is 29.5 Å². The van der Waals surface area contributed by atoms with Crippen molar-refractivity contribution >= 4 is 33.7 Å². The molecule has 2 aromatic heterocycles. The number of benzene rings is 3. The Labute approximate surface area is 161 Å². The largest absolute Gasteiger partial charge is 0.319 e. The SMILES string of the molecule is Clc1cccc(Cn2c(-c3ccc4nccnc4c3)nc3ccccc32)c1. The summed E-state index contributed by atoms with van der Waals surface area (Å²) in [6.07, 6.45) is 3.41. The maximum atomic E-state index is 6.19. The van der Waals surface area contributed by atoms with Crippen LogP contribution in [0, 0.1) is 0 Å². The molecule has 0 aliphatic carbocycles. The van der Waals surface area contributed by atoms with E-state index in [4.69, 9.17) is 16.6 Å². The normalized spacial score (nSPS) is 11.3. The number of imidazole rings is 1. The fourth-order valence-electron chi connectivity index (χ4n) is 3.38. The van der Waals surface area contributed by atoms with Gasteiger partial charge in [0.15, 0.2) is 0 Å². The molecule has 0 bridgehead atoms. The molecule has 3 aromatic carbocycles. The van der Waals surface area contributed by atoms with Crippen LogP contribution in [0.4, 0.5) is 0 Å². The summed E-state index contributed by atoms with van der Waals surface area (Å²) in [4.78, 5) is 13.7. The number of halogens is 1. The molecule has 4 nitrogen and oxygen atoms in total. The molecular weight excluding hydrogens is 356 g/mol. The van der Waals surface area contributed by atoms with Gasteiger partial charge in [-0.25, -0.2) is 4.98 Å². The van der Waals surface area contributed by atoms with E-state index >= 15 is 0 Å². The van der Waals surface area contributed by atoms with Gasteiger partial charge in [-0.15, -0.1) is 0 Å². The average Bonchev–Trinajstić information content (AvgIpc) is 3.06. The van der Waals surface area contributed by atoms with Crippen molar-refractivity contribution in [3.63, 3.8) is 0 Å². The van der Waals surface area contributed by atoms with Crippen molar-refractivity contribution in [2.75, 3.05) is 0 Å². The van der Waals surface area contributed by atoms with Crippen molar-refractivity contribution in [2.24, 2.45) is 0 Å². The van der Waals surface area contributed by atoms with Gasteiger partial charge < -0.3 is 4.57 Å². The van der Waals surface area contributed by atoms with E-state index in [-0.39, 0.29) is 0 Å². The van der Waals surface area contributed by atoms with Gasteiger partial charge in [-0.1, -0.05) is 35.9 Å². The van der Waals surface area contributed by atoms with Gasteiger partial charge in [0.1, 0.15) is 5.82 Å². The minimum absolute atomic E-state index is 0.689. The van der Waals surface area contributed by atoms with Crippen LogP contribution in [-0.4, -0.2) is 19.5 Å². The second-order valence-electron chi connectivity index (χ2n) is 6.40. The maximum Gasteiger partial charge on any atom is 0.141 e. The highest BCUT2D eigenvalue weighted by Gasteiger charge is 2.14. The van der Waals surface area contributed by atoms with Crippen molar-refractivity contribution in [2.45, 2.75) is 6.54 Å². The topological polar surface area (TPSA) is 43.6 Å². The monoisotopic (exact) mass is 370 g/mol. The first-order valence-electron chi connectivity index (χ1n) is 8.69. The minimum Gasteiger partial charge on any atom is -0.319 e. The van der Waals surface area contributed by atoms with E-state index in [0.29, 0.717) is 6.54 Å². The lowest BCUT2D eigenvalue weighted by molar-refractivity contribution is 0.834. The quantitative estimate of drug-likeness (QED) is 0.430. The number of rotatable bonds is 3.